The van der Waals surface area contributed by atoms with Gasteiger partial charge in [0, 0.05) is 17.8 Å². The zero-order valence-electron chi connectivity index (χ0n) is 17.1. The molecule has 8 heteroatoms. The highest BCUT2D eigenvalue weighted by Gasteiger charge is 2.32. The molecule has 1 fully saturated rings. The van der Waals surface area contributed by atoms with Gasteiger partial charge >= 0.3 is 6.18 Å². The van der Waals surface area contributed by atoms with Crippen molar-refractivity contribution >= 4 is 11.6 Å². The standard InChI is InChI=1S/C22H26F3N3O2/c1-16(21(29)26-15-17-6-3-4-9-20(17)30-2)27-10-12-28(13-11-27)19-8-5-7-18(14-19)22(23,24)25/h3-9,14,16H,10-13,15H2,1-2H3,(H,26,29)/p+1/t16-/m1/s1. The summed E-state index contributed by atoms with van der Waals surface area (Å²) < 4.78 is 44.2. The fourth-order valence-electron chi connectivity index (χ4n) is 3.73. The number of anilines is 1. The molecule has 2 aromatic carbocycles. The first kappa shape index (κ1) is 22.0. The van der Waals surface area contributed by atoms with E-state index in [0.717, 1.165) is 22.3 Å². The molecular formula is C22H27F3N3O2+. The molecule has 0 spiro atoms. The number of nitrogens with zero attached hydrogens (tertiary/aromatic N) is 1. The van der Waals surface area contributed by atoms with Gasteiger partial charge in [-0.05, 0) is 31.2 Å². The van der Waals surface area contributed by atoms with Gasteiger partial charge in [0.15, 0.2) is 6.04 Å². The third-order valence-corrected chi connectivity index (χ3v) is 5.60. The lowest BCUT2D eigenvalue weighted by molar-refractivity contribution is -0.914. The van der Waals surface area contributed by atoms with Gasteiger partial charge in [0.2, 0.25) is 0 Å². The first-order chi connectivity index (χ1) is 14.3. The normalized spacial score (nSPS) is 16.2. The molecule has 1 heterocycles. The van der Waals surface area contributed by atoms with E-state index in [4.69, 9.17) is 4.74 Å². The fourth-order valence-corrected chi connectivity index (χ4v) is 3.73. The van der Waals surface area contributed by atoms with E-state index in [1.807, 2.05) is 36.1 Å². The van der Waals surface area contributed by atoms with Crippen LogP contribution in [0.3, 0.4) is 0 Å². The molecule has 0 unspecified atom stereocenters. The Labute approximate surface area is 174 Å². The number of nitrogens with one attached hydrogen (secondary N) is 2. The number of piperazine rings is 1. The van der Waals surface area contributed by atoms with Gasteiger partial charge in [-0.3, -0.25) is 4.79 Å². The summed E-state index contributed by atoms with van der Waals surface area (Å²) in [7, 11) is 1.59. The summed E-state index contributed by atoms with van der Waals surface area (Å²) >= 11 is 0. The maximum Gasteiger partial charge on any atom is 0.416 e. The van der Waals surface area contributed by atoms with Crippen molar-refractivity contribution in [2.75, 3.05) is 38.2 Å². The van der Waals surface area contributed by atoms with Crippen molar-refractivity contribution in [2.45, 2.75) is 25.7 Å². The van der Waals surface area contributed by atoms with Crippen LogP contribution in [-0.2, 0) is 17.5 Å². The van der Waals surface area contributed by atoms with Gasteiger partial charge in [-0.2, -0.15) is 13.2 Å². The zero-order valence-corrected chi connectivity index (χ0v) is 17.1. The summed E-state index contributed by atoms with van der Waals surface area (Å²) in [5.74, 6) is 0.677. The van der Waals surface area contributed by atoms with Crippen molar-refractivity contribution in [1.29, 1.82) is 0 Å². The number of hydrogen-bond acceptors (Lipinski definition) is 3. The van der Waals surface area contributed by atoms with Crippen LogP contribution in [0.4, 0.5) is 18.9 Å². The maximum absolute atomic E-state index is 13.0. The van der Waals surface area contributed by atoms with Crippen LogP contribution < -0.4 is 19.9 Å². The molecule has 0 saturated carbocycles. The number of ether oxygens (including phenoxy) is 1. The van der Waals surface area contributed by atoms with Crippen LogP contribution in [0.5, 0.6) is 5.75 Å². The molecule has 1 atom stereocenters. The Balaban J connectivity index is 1.53. The van der Waals surface area contributed by atoms with Crippen molar-refractivity contribution in [3.63, 3.8) is 0 Å². The largest absolute Gasteiger partial charge is 0.496 e. The van der Waals surface area contributed by atoms with E-state index >= 15 is 0 Å². The van der Waals surface area contributed by atoms with Gasteiger partial charge in [0.1, 0.15) is 5.75 Å². The minimum atomic E-state index is -4.35. The number of methoxy groups -OCH3 is 1. The molecule has 1 aliphatic heterocycles. The molecule has 5 nitrogen and oxygen atoms in total. The average Bonchev–Trinajstić information content (AvgIpc) is 2.76. The molecule has 2 aromatic rings. The smallest absolute Gasteiger partial charge is 0.416 e. The van der Waals surface area contributed by atoms with E-state index in [0.29, 0.717) is 38.4 Å². The van der Waals surface area contributed by atoms with Crippen LogP contribution >= 0.6 is 0 Å². The third-order valence-electron chi connectivity index (χ3n) is 5.60. The van der Waals surface area contributed by atoms with E-state index in [-0.39, 0.29) is 11.9 Å². The van der Waals surface area contributed by atoms with Crippen molar-refractivity contribution in [3.8, 4) is 5.75 Å². The summed E-state index contributed by atoms with van der Waals surface area (Å²) in [6.45, 7) is 4.82. The quantitative estimate of drug-likeness (QED) is 0.750. The van der Waals surface area contributed by atoms with Crippen molar-refractivity contribution in [3.05, 3.63) is 59.7 Å². The molecule has 0 aliphatic carbocycles. The second-order valence-electron chi connectivity index (χ2n) is 7.44. The molecule has 0 radical (unpaired) electrons. The van der Waals surface area contributed by atoms with Gasteiger partial charge in [-0.1, -0.05) is 24.3 Å². The average molecular weight is 422 g/mol. The van der Waals surface area contributed by atoms with Crippen LogP contribution in [0.15, 0.2) is 48.5 Å². The van der Waals surface area contributed by atoms with Gasteiger partial charge in [0.05, 0.1) is 38.9 Å². The van der Waals surface area contributed by atoms with E-state index in [2.05, 4.69) is 5.32 Å². The number of rotatable bonds is 6. The Kier molecular flexibility index (Phi) is 6.87. The van der Waals surface area contributed by atoms with E-state index in [9.17, 15) is 18.0 Å². The van der Waals surface area contributed by atoms with E-state index in [1.54, 1.807) is 13.2 Å². The number of hydrogen-bond donors (Lipinski definition) is 2. The van der Waals surface area contributed by atoms with Crippen LogP contribution in [0.2, 0.25) is 0 Å². The van der Waals surface area contributed by atoms with E-state index < -0.39 is 11.7 Å². The van der Waals surface area contributed by atoms with Crippen LogP contribution in [0.25, 0.3) is 0 Å². The highest BCUT2D eigenvalue weighted by atomic mass is 19.4. The molecule has 0 bridgehead atoms. The Morgan fingerprint density at radius 3 is 2.53 bits per heavy atom. The van der Waals surface area contributed by atoms with Crippen molar-refractivity contribution in [1.82, 2.24) is 5.32 Å². The summed E-state index contributed by atoms with van der Waals surface area (Å²) in [5.41, 5.74) is 0.834. The molecule has 3 rings (SSSR count). The lowest BCUT2D eigenvalue weighted by atomic mass is 10.1. The molecule has 1 amide bonds. The maximum atomic E-state index is 13.0. The van der Waals surface area contributed by atoms with Gasteiger partial charge in [-0.15, -0.1) is 0 Å². The minimum Gasteiger partial charge on any atom is -0.496 e. The Hall–Kier alpha value is -2.74. The molecule has 0 aromatic heterocycles. The predicted octanol–water partition coefficient (Wildman–Crippen LogP) is 2.12. The molecule has 162 valence electrons. The van der Waals surface area contributed by atoms with Gasteiger partial charge in [0.25, 0.3) is 5.91 Å². The number of carbonyl (C=O) groups excluding carboxylic acids is 1. The Morgan fingerprint density at radius 2 is 1.87 bits per heavy atom. The van der Waals surface area contributed by atoms with E-state index in [1.165, 1.54) is 12.1 Å². The molecule has 1 saturated heterocycles. The summed E-state index contributed by atoms with van der Waals surface area (Å²) in [6, 6.07) is 12.7. The zero-order chi connectivity index (χ0) is 21.7. The second kappa shape index (κ2) is 9.38. The van der Waals surface area contributed by atoms with Crippen LogP contribution in [-0.4, -0.2) is 45.2 Å². The Bertz CT molecular complexity index is 865. The highest BCUT2D eigenvalue weighted by Crippen LogP contribution is 2.31. The van der Waals surface area contributed by atoms with Crippen molar-refractivity contribution in [2.24, 2.45) is 0 Å². The monoisotopic (exact) mass is 422 g/mol. The third kappa shape index (κ3) is 5.24. The van der Waals surface area contributed by atoms with Gasteiger partial charge in [-0.25, -0.2) is 0 Å². The number of quaternary nitrogens is 1. The SMILES string of the molecule is COc1ccccc1CNC(=O)[C@@H](C)[NH+]1CCN(c2cccc(C(F)(F)F)c2)CC1. The minimum absolute atomic E-state index is 0.0524. The summed E-state index contributed by atoms with van der Waals surface area (Å²) in [4.78, 5) is 15.7. The Morgan fingerprint density at radius 1 is 1.17 bits per heavy atom. The molecule has 1 aliphatic rings. The fraction of sp³-hybridized carbons (Fsp3) is 0.409. The van der Waals surface area contributed by atoms with Gasteiger partial charge < -0.3 is 19.9 Å². The number of benzene rings is 2. The molecule has 30 heavy (non-hydrogen) atoms. The van der Waals surface area contributed by atoms with Crippen LogP contribution in [0, 0.1) is 0 Å². The van der Waals surface area contributed by atoms with Crippen molar-refractivity contribution < 1.29 is 27.6 Å². The lowest BCUT2D eigenvalue weighted by Crippen LogP contribution is -3.19. The number of carbonyl (C=O) groups is 1. The summed E-state index contributed by atoms with van der Waals surface area (Å²) in [5, 5.41) is 2.96. The number of halogens is 3. The van der Waals surface area contributed by atoms with Crippen LogP contribution in [0.1, 0.15) is 18.1 Å². The second-order valence-corrected chi connectivity index (χ2v) is 7.44. The highest BCUT2D eigenvalue weighted by molar-refractivity contribution is 5.80. The first-order valence-corrected chi connectivity index (χ1v) is 9.96. The molecule has 2 N–H and O–H groups in total. The topological polar surface area (TPSA) is 46.0 Å². The summed E-state index contributed by atoms with van der Waals surface area (Å²) in [6.07, 6.45) is -4.35. The molecular weight excluding hydrogens is 395 g/mol. The number of para-hydroxylation sites is 1. The first-order valence-electron chi connectivity index (χ1n) is 9.96. The lowest BCUT2D eigenvalue weighted by Gasteiger charge is -2.36. The predicted molar refractivity (Wildman–Crippen MR) is 109 cm³/mol. The number of alkyl halides is 3. The number of amides is 1.